The highest BCUT2D eigenvalue weighted by molar-refractivity contribution is 6.06. The van der Waals surface area contributed by atoms with Gasteiger partial charge < -0.3 is 0 Å². The average molecular weight is 138 g/mol. The lowest BCUT2D eigenvalue weighted by molar-refractivity contribution is -0.112. The molecule has 0 amide bonds. The van der Waals surface area contributed by atoms with Gasteiger partial charge in [-0.1, -0.05) is 19.6 Å². The van der Waals surface area contributed by atoms with Gasteiger partial charge in [0, 0.05) is 0 Å². The Balaban J connectivity index is 4.22. The van der Waals surface area contributed by atoms with Crippen LogP contribution < -0.4 is 0 Å². The van der Waals surface area contributed by atoms with Crippen LogP contribution in [-0.4, -0.2) is 5.78 Å². The number of allylic oxidation sites excluding steroid dienone is 3. The van der Waals surface area contributed by atoms with Gasteiger partial charge in [-0.05, 0) is 31.4 Å². The van der Waals surface area contributed by atoms with Crippen molar-refractivity contribution in [2.24, 2.45) is 0 Å². The molecule has 0 bridgehead atoms. The molecule has 1 nitrogen and oxygen atoms in total. The smallest absolute Gasteiger partial charge is 0.183 e. The number of Topliss-reactive ketones (excluding diaryl/α,β-unsaturated/α-hetero) is 1. The summed E-state index contributed by atoms with van der Waals surface area (Å²) >= 11 is 0. The Labute approximate surface area is 62.4 Å². The van der Waals surface area contributed by atoms with Crippen molar-refractivity contribution < 1.29 is 4.79 Å². The molecule has 0 saturated heterocycles. The Morgan fingerprint density at radius 1 is 1.50 bits per heavy atom. The van der Waals surface area contributed by atoms with Crippen molar-refractivity contribution in [3.63, 3.8) is 0 Å². The van der Waals surface area contributed by atoms with Gasteiger partial charge in [0.05, 0.1) is 0 Å². The standard InChI is InChI=1S/C9H14O/c1-5-6-8(4)9(10)7(2)3/h6H,2,5H2,1,3-4H3/b8-6+. The molecule has 0 aromatic carbocycles. The lowest BCUT2D eigenvalue weighted by Crippen LogP contribution is -1.99. The van der Waals surface area contributed by atoms with Crippen LogP contribution in [-0.2, 0) is 4.79 Å². The summed E-state index contributed by atoms with van der Waals surface area (Å²) in [6, 6.07) is 0. The molecule has 0 unspecified atom stereocenters. The maximum atomic E-state index is 11.1. The van der Waals surface area contributed by atoms with Gasteiger partial charge in [0.25, 0.3) is 0 Å². The maximum absolute atomic E-state index is 11.1. The molecule has 0 aromatic rings. The normalized spacial score (nSPS) is 11.3. The molecular weight excluding hydrogens is 124 g/mol. The summed E-state index contributed by atoms with van der Waals surface area (Å²) in [5, 5.41) is 0. The quantitative estimate of drug-likeness (QED) is 0.547. The second-order valence-electron chi connectivity index (χ2n) is 2.40. The first-order valence-corrected chi connectivity index (χ1v) is 3.46. The van der Waals surface area contributed by atoms with E-state index in [0.29, 0.717) is 5.57 Å². The molecule has 0 N–H and O–H groups in total. The van der Waals surface area contributed by atoms with E-state index in [4.69, 9.17) is 0 Å². The van der Waals surface area contributed by atoms with Crippen molar-refractivity contribution in [3.05, 3.63) is 23.8 Å². The predicted molar refractivity (Wildman–Crippen MR) is 43.9 cm³/mol. The van der Waals surface area contributed by atoms with E-state index in [0.717, 1.165) is 12.0 Å². The molecule has 0 saturated carbocycles. The lowest BCUT2D eigenvalue weighted by Gasteiger charge is -1.96. The Bertz CT molecular complexity index is 175. The number of hydrogen-bond donors (Lipinski definition) is 0. The summed E-state index contributed by atoms with van der Waals surface area (Å²) in [7, 11) is 0. The number of carbonyl (C=O) groups is 1. The van der Waals surface area contributed by atoms with Gasteiger partial charge in [-0.2, -0.15) is 0 Å². The van der Waals surface area contributed by atoms with Crippen molar-refractivity contribution >= 4 is 5.78 Å². The molecule has 0 aromatic heterocycles. The molecule has 0 aliphatic carbocycles. The highest BCUT2D eigenvalue weighted by Gasteiger charge is 2.02. The molecule has 0 fully saturated rings. The van der Waals surface area contributed by atoms with E-state index in [1.165, 1.54) is 0 Å². The molecule has 0 rings (SSSR count). The molecule has 0 aliphatic rings. The van der Waals surface area contributed by atoms with Gasteiger partial charge in [-0.25, -0.2) is 0 Å². The topological polar surface area (TPSA) is 17.1 Å². The van der Waals surface area contributed by atoms with Gasteiger partial charge in [-0.15, -0.1) is 0 Å². The highest BCUT2D eigenvalue weighted by atomic mass is 16.1. The van der Waals surface area contributed by atoms with E-state index in [9.17, 15) is 4.79 Å². The minimum absolute atomic E-state index is 0.0712. The van der Waals surface area contributed by atoms with E-state index in [2.05, 4.69) is 6.58 Å². The summed E-state index contributed by atoms with van der Waals surface area (Å²) in [5.74, 6) is 0.0712. The van der Waals surface area contributed by atoms with Crippen LogP contribution in [0.15, 0.2) is 23.8 Å². The third-order valence-electron chi connectivity index (χ3n) is 1.26. The maximum Gasteiger partial charge on any atom is 0.183 e. The van der Waals surface area contributed by atoms with Crippen LogP contribution in [0.5, 0.6) is 0 Å². The van der Waals surface area contributed by atoms with Gasteiger partial charge in [-0.3, -0.25) is 4.79 Å². The first kappa shape index (κ1) is 9.15. The zero-order valence-electron chi connectivity index (χ0n) is 6.90. The lowest BCUT2D eigenvalue weighted by atomic mass is 10.1. The molecular formula is C9H14O. The zero-order chi connectivity index (χ0) is 8.15. The molecule has 56 valence electrons. The van der Waals surface area contributed by atoms with Crippen LogP contribution in [0.4, 0.5) is 0 Å². The van der Waals surface area contributed by atoms with Crippen molar-refractivity contribution in [1.82, 2.24) is 0 Å². The highest BCUT2D eigenvalue weighted by Crippen LogP contribution is 2.03. The molecule has 1 heteroatoms. The van der Waals surface area contributed by atoms with E-state index >= 15 is 0 Å². The molecule has 0 heterocycles. The number of rotatable bonds is 3. The van der Waals surface area contributed by atoms with Crippen molar-refractivity contribution in [3.8, 4) is 0 Å². The summed E-state index contributed by atoms with van der Waals surface area (Å²) in [6.07, 6.45) is 2.82. The minimum Gasteiger partial charge on any atom is -0.289 e. The van der Waals surface area contributed by atoms with Gasteiger partial charge in [0.15, 0.2) is 5.78 Å². The van der Waals surface area contributed by atoms with Gasteiger partial charge >= 0.3 is 0 Å². The summed E-state index contributed by atoms with van der Waals surface area (Å²) in [6.45, 7) is 9.13. The summed E-state index contributed by atoms with van der Waals surface area (Å²) < 4.78 is 0. The van der Waals surface area contributed by atoms with Crippen LogP contribution in [0.3, 0.4) is 0 Å². The van der Waals surface area contributed by atoms with Gasteiger partial charge in [0.1, 0.15) is 0 Å². The van der Waals surface area contributed by atoms with Crippen LogP contribution in [0.2, 0.25) is 0 Å². The summed E-state index contributed by atoms with van der Waals surface area (Å²) in [5.41, 5.74) is 1.41. The molecule has 0 aliphatic heterocycles. The van der Waals surface area contributed by atoms with Crippen LogP contribution >= 0.6 is 0 Å². The minimum atomic E-state index is 0.0712. The van der Waals surface area contributed by atoms with Crippen LogP contribution in [0.25, 0.3) is 0 Å². The number of ketones is 1. The fraction of sp³-hybridized carbons (Fsp3) is 0.444. The number of hydrogen-bond acceptors (Lipinski definition) is 1. The van der Waals surface area contributed by atoms with Crippen LogP contribution in [0, 0.1) is 0 Å². The van der Waals surface area contributed by atoms with E-state index in [1.54, 1.807) is 6.92 Å². The Morgan fingerprint density at radius 2 is 2.00 bits per heavy atom. The monoisotopic (exact) mass is 138 g/mol. The average Bonchev–Trinajstić information content (AvgIpc) is 1.87. The molecule has 0 spiro atoms. The number of carbonyl (C=O) groups excluding carboxylic acids is 1. The Morgan fingerprint density at radius 3 is 2.30 bits per heavy atom. The second kappa shape index (κ2) is 4.04. The Hall–Kier alpha value is -0.850. The molecule has 0 atom stereocenters. The summed E-state index contributed by atoms with van der Waals surface area (Å²) in [4.78, 5) is 11.1. The third-order valence-corrected chi connectivity index (χ3v) is 1.26. The van der Waals surface area contributed by atoms with Crippen LogP contribution in [0.1, 0.15) is 27.2 Å². The first-order valence-electron chi connectivity index (χ1n) is 3.46. The third kappa shape index (κ3) is 2.62. The second-order valence-corrected chi connectivity index (χ2v) is 2.40. The SMILES string of the molecule is C=C(C)C(=O)/C(C)=C/CC. The largest absolute Gasteiger partial charge is 0.289 e. The fourth-order valence-corrected chi connectivity index (χ4v) is 0.735. The van der Waals surface area contributed by atoms with E-state index < -0.39 is 0 Å². The van der Waals surface area contributed by atoms with E-state index in [1.807, 2.05) is 19.9 Å². The van der Waals surface area contributed by atoms with Gasteiger partial charge in [0.2, 0.25) is 0 Å². The van der Waals surface area contributed by atoms with E-state index in [-0.39, 0.29) is 5.78 Å². The predicted octanol–water partition coefficient (Wildman–Crippen LogP) is 2.49. The zero-order valence-corrected chi connectivity index (χ0v) is 6.90. The first-order chi connectivity index (χ1) is 4.59. The molecule has 0 radical (unpaired) electrons. The van der Waals surface area contributed by atoms with Crippen molar-refractivity contribution in [2.75, 3.05) is 0 Å². The Kier molecular flexibility index (Phi) is 3.70. The molecule has 10 heavy (non-hydrogen) atoms. The van der Waals surface area contributed by atoms with Crippen molar-refractivity contribution in [2.45, 2.75) is 27.2 Å². The fourth-order valence-electron chi connectivity index (χ4n) is 0.735. The van der Waals surface area contributed by atoms with Crippen molar-refractivity contribution in [1.29, 1.82) is 0 Å².